The van der Waals surface area contributed by atoms with Crippen LogP contribution in [0.25, 0.3) is 0 Å². The zero-order valence-corrected chi connectivity index (χ0v) is 18.8. The first-order valence-electron chi connectivity index (χ1n) is 11.9. The summed E-state index contributed by atoms with van der Waals surface area (Å²) in [5, 5.41) is 7.49. The highest BCUT2D eigenvalue weighted by atomic mass is 16.5. The predicted molar refractivity (Wildman–Crippen MR) is 121 cm³/mol. The van der Waals surface area contributed by atoms with Gasteiger partial charge in [-0.3, -0.25) is 14.7 Å². The van der Waals surface area contributed by atoms with E-state index in [1.807, 2.05) is 23.1 Å². The molecule has 170 valence electrons. The number of carbonyl (C=O) groups excluding carboxylic acids is 2. The number of nitrogens with zero attached hydrogens (tertiary/aromatic N) is 3. The number of aromatic nitrogens is 2. The number of amides is 2. The lowest BCUT2D eigenvalue weighted by Gasteiger charge is -2.47. The van der Waals surface area contributed by atoms with Crippen LogP contribution in [-0.2, 0) is 24.1 Å². The summed E-state index contributed by atoms with van der Waals surface area (Å²) >= 11 is 0. The first kappa shape index (κ1) is 21.0. The molecule has 1 aromatic heterocycles. The van der Waals surface area contributed by atoms with E-state index < -0.39 is 0 Å². The number of nitrogens with one attached hydrogen (secondary N) is 1. The van der Waals surface area contributed by atoms with E-state index in [1.165, 1.54) is 5.56 Å². The maximum absolute atomic E-state index is 13.3. The average molecular weight is 437 g/mol. The van der Waals surface area contributed by atoms with E-state index >= 15 is 0 Å². The average Bonchev–Trinajstić information content (AvgIpc) is 3.27. The van der Waals surface area contributed by atoms with Crippen molar-refractivity contribution in [1.29, 1.82) is 0 Å². The van der Waals surface area contributed by atoms with Crippen molar-refractivity contribution in [1.82, 2.24) is 20.0 Å². The van der Waals surface area contributed by atoms with Crippen LogP contribution in [0.5, 0.6) is 5.75 Å². The number of aryl methyl sites for hydroxylation is 1. The van der Waals surface area contributed by atoms with Crippen LogP contribution in [0.1, 0.15) is 59.4 Å². The zero-order valence-electron chi connectivity index (χ0n) is 18.8. The molecule has 7 nitrogen and oxygen atoms in total. The predicted octanol–water partition coefficient (Wildman–Crippen LogP) is 2.99. The summed E-state index contributed by atoms with van der Waals surface area (Å²) in [6, 6.07) is 8.28. The lowest BCUT2D eigenvalue weighted by molar-refractivity contribution is -0.140. The third kappa shape index (κ3) is 4.00. The van der Waals surface area contributed by atoms with Crippen molar-refractivity contribution in [2.75, 3.05) is 26.7 Å². The van der Waals surface area contributed by atoms with Gasteiger partial charge in [-0.1, -0.05) is 12.1 Å². The van der Waals surface area contributed by atoms with E-state index in [-0.39, 0.29) is 17.9 Å². The molecule has 2 saturated heterocycles. The van der Waals surface area contributed by atoms with Gasteiger partial charge in [-0.05, 0) is 68.6 Å². The summed E-state index contributed by atoms with van der Waals surface area (Å²) in [4.78, 5) is 30.1. The summed E-state index contributed by atoms with van der Waals surface area (Å²) in [7, 11) is 1.67. The molecule has 0 saturated carbocycles. The summed E-state index contributed by atoms with van der Waals surface area (Å²) in [5.41, 5.74) is 4.07. The summed E-state index contributed by atoms with van der Waals surface area (Å²) < 4.78 is 5.33. The molecule has 1 aromatic carbocycles. The Hall–Kier alpha value is -2.83. The largest absolute Gasteiger partial charge is 0.497 e. The van der Waals surface area contributed by atoms with Crippen molar-refractivity contribution in [3.8, 4) is 5.75 Å². The maximum Gasteiger partial charge on any atom is 0.274 e. The van der Waals surface area contributed by atoms with Crippen LogP contribution in [-0.4, -0.2) is 64.6 Å². The van der Waals surface area contributed by atoms with E-state index in [0.717, 1.165) is 62.0 Å². The van der Waals surface area contributed by atoms with Gasteiger partial charge in [0.2, 0.25) is 5.91 Å². The molecule has 0 unspecified atom stereocenters. The highest BCUT2D eigenvalue weighted by Crippen LogP contribution is 2.33. The van der Waals surface area contributed by atoms with Crippen LogP contribution in [0.3, 0.4) is 0 Å². The fraction of sp³-hybridized carbons (Fsp3) is 0.560. The second kappa shape index (κ2) is 8.96. The van der Waals surface area contributed by atoms with E-state index in [9.17, 15) is 9.59 Å². The van der Waals surface area contributed by atoms with Gasteiger partial charge in [0, 0.05) is 43.4 Å². The SMILES string of the molecule is COc1cccc(CCN2C(=O)CC[C@H]3CN(C(=O)c4n[nH]c5c4CCCC5)CC[C@H]32)c1. The first-order valence-corrected chi connectivity index (χ1v) is 11.9. The molecule has 32 heavy (non-hydrogen) atoms. The van der Waals surface area contributed by atoms with Crippen LogP contribution in [0.2, 0.25) is 0 Å². The first-order chi connectivity index (χ1) is 15.6. The number of rotatable bonds is 5. The van der Waals surface area contributed by atoms with Crippen LogP contribution in [0.15, 0.2) is 24.3 Å². The Bertz CT molecular complexity index is 1000. The zero-order chi connectivity index (χ0) is 22.1. The number of piperidine rings is 2. The van der Waals surface area contributed by atoms with Gasteiger partial charge in [0.15, 0.2) is 5.69 Å². The van der Waals surface area contributed by atoms with Crippen molar-refractivity contribution >= 4 is 11.8 Å². The molecule has 2 amide bonds. The molecule has 5 rings (SSSR count). The maximum atomic E-state index is 13.3. The van der Waals surface area contributed by atoms with Crippen molar-refractivity contribution in [2.24, 2.45) is 5.92 Å². The van der Waals surface area contributed by atoms with Gasteiger partial charge in [-0.15, -0.1) is 0 Å². The van der Waals surface area contributed by atoms with Crippen molar-refractivity contribution < 1.29 is 14.3 Å². The number of hydrogen-bond acceptors (Lipinski definition) is 4. The molecule has 0 spiro atoms. The molecule has 3 heterocycles. The van der Waals surface area contributed by atoms with Gasteiger partial charge < -0.3 is 14.5 Å². The van der Waals surface area contributed by atoms with Crippen molar-refractivity contribution in [3.63, 3.8) is 0 Å². The van der Waals surface area contributed by atoms with Crippen molar-refractivity contribution in [2.45, 2.75) is 57.4 Å². The molecular formula is C25H32N4O3. The third-order valence-corrected chi connectivity index (χ3v) is 7.47. The van der Waals surface area contributed by atoms with E-state index in [0.29, 0.717) is 37.7 Å². The minimum Gasteiger partial charge on any atom is -0.497 e. The molecule has 2 fully saturated rings. The number of benzene rings is 1. The molecule has 1 aliphatic carbocycles. The Labute approximate surface area is 189 Å². The Morgan fingerprint density at radius 3 is 2.97 bits per heavy atom. The van der Waals surface area contributed by atoms with Gasteiger partial charge in [-0.25, -0.2) is 0 Å². The Kier molecular flexibility index (Phi) is 5.89. The fourth-order valence-electron chi connectivity index (χ4n) is 5.71. The highest BCUT2D eigenvalue weighted by Gasteiger charge is 2.41. The van der Waals surface area contributed by atoms with Crippen molar-refractivity contribution in [3.05, 3.63) is 46.8 Å². The van der Waals surface area contributed by atoms with Gasteiger partial charge in [-0.2, -0.15) is 5.10 Å². The number of carbonyl (C=O) groups is 2. The number of ether oxygens (including phenoxy) is 1. The molecule has 1 N–H and O–H groups in total. The lowest BCUT2D eigenvalue weighted by atomic mass is 9.83. The molecule has 0 bridgehead atoms. The number of fused-ring (bicyclic) bond motifs is 2. The number of likely N-dealkylation sites (tertiary alicyclic amines) is 2. The molecule has 2 aromatic rings. The topological polar surface area (TPSA) is 78.5 Å². The van der Waals surface area contributed by atoms with Gasteiger partial charge >= 0.3 is 0 Å². The highest BCUT2D eigenvalue weighted by molar-refractivity contribution is 5.94. The molecule has 7 heteroatoms. The lowest BCUT2D eigenvalue weighted by Crippen LogP contribution is -2.57. The Morgan fingerprint density at radius 2 is 2.09 bits per heavy atom. The number of aromatic amines is 1. The van der Waals surface area contributed by atoms with Gasteiger partial charge in [0.05, 0.1) is 7.11 Å². The van der Waals surface area contributed by atoms with Crippen LogP contribution in [0, 0.1) is 5.92 Å². The van der Waals surface area contributed by atoms with E-state index in [4.69, 9.17) is 4.74 Å². The summed E-state index contributed by atoms with van der Waals surface area (Å²) in [6.45, 7) is 2.12. The van der Waals surface area contributed by atoms with Crippen LogP contribution < -0.4 is 4.74 Å². The summed E-state index contributed by atoms with van der Waals surface area (Å²) in [5.74, 6) is 1.49. The Balaban J connectivity index is 1.25. The number of hydrogen-bond donors (Lipinski definition) is 1. The normalized spacial score (nSPS) is 23.0. The van der Waals surface area contributed by atoms with Gasteiger partial charge in [0.1, 0.15) is 5.75 Å². The van der Waals surface area contributed by atoms with Crippen LogP contribution >= 0.6 is 0 Å². The van der Waals surface area contributed by atoms with Crippen LogP contribution in [0.4, 0.5) is 0 Å². The summed E-state index contributed by atoms with van der Waals surface area (Å²) in [6.07, 6.45) is 7.31. The Morgan fingerprint density at radius 1 is 1.22 bits per heavy atom. The van der Waals surface area contributed by atoms with E-state index in [2.05, 4.69) is 21.2 Å². The monoisotopic (exact) mass is 436 g/mol. The van der Waals surface area contributed by atoms with Gasteiger partial charge in [0.25, 0.3) is 5.91 Å². The van der Waals surface area contributed by atoms with E-state index in [1.54, 1.807) is 7.11 Å². The second-order valence-electron chi connectivity index (χ2n) is 9.33. The standard InChI is InChI=1S/C25H32N4O3/c1-32-19-6-4-5-17(15-19)11-14-29-22-12-13-28(16-18(22)9-10-23(29)30)25(31)24-20-7-2-3-8-21(20)26-27-24/h4-6,15,18,22H,2-3,7-14,16H2,1H3,(H,26,27)/t18-,22+/m0/s1. The third-order valence-electron chi connectivity index (χ3n) is 7.47. The molecule has 0 radical (unpaired) electrons. The molecular weight excluding hydrogens is 404 g/mol. The molecule has 2 aliphatic heterocycles. The number of methoxy groups -OCH3 is 1. The minimum absolute atomic E-state index is 0.0580. The fourth-order valence-corrected chi connectivity index (χ4v) is 5.71. The minimum atomic E-state index is 0.0580. The number of H-pyrrole nitrogens is 1. The second-order valence-corrected chi connectivity index (χ2v) is 9.33. The quantitative estimate of drug-likeness (QED) is 0.782. The molecule has 2 atom stereocenters. The smallest absolute Gasteiger partial charge is 0.274 e. The molecule has 3 aliphatic rings.